The van der Waals surface area contributed by atoms with Crippen LogP contribution in [0.3, 0.4) is 0 Å². The van der Waals surface area contributed by atoms with Gasteiger partial charge in [-0.25, -0.2) is 0 Å². The maximum absolute atomic E-state index is 12.2. The highest BCUT2D eigenvalue weighted by atomic mass is 16.5. The van der Waals surface area contributed by atoms with Gasteiger partial charge < -0.3 is 38.4 Å². The first-order valence-electron chi connectivity index (χ1n) is 16.8. The van der Waals surface area contributed by atoms with Crippen LogP contribution in [0.15, 0.2) is 38.0 Å². The Morgan fingerprint density at radius 3 is 1.30 bits per heavy atom. The molecule has 0 rings (SSSR count). The molecule has 0 aliphatic rings. The number of aliphatic hydroxyl groups is 1. The second-order valence-electron chi connectivity index (χ2n) is 10.8. The van der Waals surface area contributed by atoms with Gasteiger partial charge in [-0.2, -0.15) is 0 Å². The minimum absolute atomic E-state index is 0.0631. The molecule has 0 aliphatic carbocycles. The van der Waals surface area contributed by atoms with Crippen molar-refractivity contribution in [3.8, 4) is 0 Å². The number of ether oxygens (including phenoxy) is 6. The lowest BCUT2D eigenvalue weighted by atomic mass is 10.1. The van der Waals surface area contributed by atoms with Gasteiger partial charge in [0, 0.05) is 52.4 Å². The number of allylic oxidation sites excluding steroid dienone is 2. The summed E-state index contributed by atoms with van der Waals surface area (Å²) in [5.41, 5.74) is 0. The summed E-state index contributed by atoms with van der Waals surface area (Å²) >= 11 is 0. The van der Waals surface area contributed by atoms with E-state index in [4.69, 9.17) is 28.4 Å². The van der Waals surface area contributed by atoms with Crippen molar-refractivity contribution in [2.24, 2.45) is 0 Å². The summed E-state index contributed by atoms with van der Waals surface area (Å²) < 4.78 is 33.1. The minimum atomic E-state index is -0.482. The smallest absolute Gasteiger partial charge is 0.245 e. The molecule has 1 amide bonds. The number of amides is 1. The monoisotopic (exact) mass is 655 g/mol. The molecule has 11 heteroatoms. The van der Waals surface area contributed by atoms with Crippen LogP contribution in [0.1, 0.15) is 70.6 Å². The lowest BCUT2D eigenvalue weighted by Crippen LogP contribution is -2.33. The third kappa shape index (κ3) is 30.4. The quantitative estimate of drug-likeness (QED) is 0.0766. The number of carbonyl (C=O) groups is 3. The Labute approximate surface area is 277 Å². The third-order valence-corrected chi connectivity index (χ3v) is 6.88. The lowest BCUT2D eigenvalue weighted by molar-refractivity contribution is -0.126. The van der Waals surface area contributed by atoms with Crippen molar-refractivity contribution in [3.05, 3.63) is 38.0 Å². The molecule has 0 fully saturated rings. The van der Waals surface area contributed by atoms with Crippen LogP contribution in [0.5, 0.6) is 0 Å². The molecular weight excluding hydrogens is 594 g/mol. The SMILES string of the molecule is C=CC(=O)CCCCOCCOCCOCCCCC(O)CCN(CCCOCCOCCOCCCCC(=O)C=C)C(=O)C=C. The van der Waals surface area contributed by atoms with Crippen LogP contribution in [0, 0.1) is 0 Å². The van der Waals surface area contributed by atoms with Gasteiger partial charge in [-0.1, -0.05) is 19.7 Å². The van der Waals surface area contributed by atoms with Crippen molar-refractivity contribution in [3.63, 3.8) is 0 Å². The highest BCUT2D eigenvalue weighted by Gasteiger charge is 2.13. The zero-order chi connectivity index (χ0) is 33.9. The molecule has 0 heterocycles. The van der Waals surface area contributed by atoms with E-state index in [1.165, 1.54) is 18.2 Å². The second kappa shape index (κ2) is 34.1. The zero-order valence-corrected chi connectivity index (χ0v) is 28.2. The Morgan fingerprint density at radius 2 is 0.891 bits per heavy atom. The summed E-state index contributed by atoms with van der Waals surface area (Å²) in [5.74, 6) is -0.0196. The third-order valence-electron chi connectivity index (χ3n) is 6.88. The van der Waals surface area contributed by atoms with E-state index in [1.54, 1.807) is 4.90 Å². The van der Waals surface area contributed by atoms with E-state index < -0.39 is 6.10 Å². The fraction of sp³-hybridized carbons (Fsp3) is 0.743. The average Bonchev–Trinajstić information content (AvgIpc) is 3.07. The molecule has 0 aromatic carbocycles. The molecule has 0 saturated heterocycles. The van der Waals surface area contributed by atoms with E-state index in [-0.39, 0.29) is 17.5 Å². The summed E-state index contributed by atoms with van der Waals surface area (Å²) in [5, 5.41) is 10.4. The average molecular weight is 656 g/mol. The number of rotatable bonds is 37. The van der Waals surface area contributed by atoms with E-state index in [1.807, 2.05) is 0 Å². The molecule has 0 saturated carbocycles. The van der Waals surface area contributed by atoms with Gasteiger partial charge in [-0.3, -0.25) is 14.4 Å². The molecule has 0 aromatic heterocycles. The van der Waals surface area contributed by atoms with Gasteiger partial charge in [-0.05, 0) is 76.0 Å². The highest BCUT2D eigenvalue weighted by Crippen LogP contribution is 2.07. The Balaban J connectivity index is 3.63. The molecule has 266 valence electrons. The fourth-order valence-electron chi connectivity index (χ4n) is 4.15. The van der Waals surface area contributed by atoms with Crippen molar-refractivity contribution >= 4 is 17.5 Å². The van der Waals surface area contributed by atoms with Crippen LogP contribution in [-0.4, -0.2) is 126 Å². The predicted molar refractivity (Wildman–Crippen MR) is 179 cm³/mol. The highest BCUT2D eigenvalue weighted by molar-refractivity contribution is 5.89. The zero-order valence-electron chi connectivity index (χ0n) is 28.2. The van der Waals surface area contributed by atoms with Crippen LogP contribution < -0.4 is 0 Å². The Hall–Kier alpha value is -2.25. The van der Waals surface area contributed by atoms with Crippen LogP contribution in [0.25, 0.3) is 0 Å². The topological polar surface area (TPSA) is 130 Å². The number of unbranched alkanes of at least 4 members (excludes halogenated alkanes) is 3. The van der Waals surface area contributed by atoms with E-state index in [9.17, 15) is 19.5 Å². The fourth-order valence-corrected chi connectivity index (χ4v) is 4.15. The van der Waals surface area contributed by atoms with Gasteiger partial charge in [0.15, 0.2) is 11.6 Å². The van der Waals surface area contributed by atoms with Gasteiger partial charge >= 0.3 is 0 Å². The van der Waals surface area contributed by atoms with E-state index >= 15 is 0 Å². The standard InChI is InChI=1S/C35H61NO10/c1-4-32(37)14-7-10-20-41-24-28-45-29-26-43-22-12-9-16-34(39)17-19-36(35(40)6-3)18-13-23-44-27-31-46-30-25-42-21-11-8-15-33(38)5-2/h4-6,34,39H,1-3,7-31H2. The number of aliphatic hydroxyl groups excluding tert-OH is 1. The van der Waals surface area contributed by atoms with Gasteiger partial charge in [0.2, 0.25) is 5.91 Å². The van der Waals surface area contributed by atoms with Gasteiger partial charge in [0.05, 0.1) is 59.0 Å². The number of ketones is 2. The van der Waals surface area contributed by atoms with Crippen LogP contribution in [0.4, 0.5) is 0 Å². The first-order valence-corrected chi connectivity index (χ1v) is 16.8. The van der Waals surface area contributed by atoms with Crippen molar-refractivity contribution < 1.29 is 47.9 Å². The van der Waals surface area contributed by atoms with Gasteiger partial charge in [-0.15, -0.1) is 0 Å². The molecule has 1 N–H and O–H groups in total. The maximum Gasteiger partial charge on any atom is 0.245 e. The number of hydrogen-bond donors (Lipinski definition) is 1. The Morgan fingerprint density at radius 1 is 0.500 bits per heavy atom. The Bertz CT molecular complexity index is 791. The van der Waals surface area contributed by atoms with Crippen LogP contribution in [0.2, 0.25) is 0 Å². The second-order valence-corrected chi connectivity index (χ2v) is 10.8. The molecule has 0 aliphatic heterocycles. The minimum Gasteiger partial charge on any atom is -0.393 e. The summed E-state index contributed by atoms with van der Waals surface area (Å²) in [6.07, 6.45) is 11.4. The van der Waals surface area contributed by atoms with Crippen molar-refractivity contribution in [1.29, 1.82) is 0 Å². The molecule has 0 radical (unpaired) electrons. The molecule has 0 spiro atoms. The van der Waals surface area contributed by atoms with Crippen molar-refractivity contribution in [2.45, 2.75) is 76.7 Å². The van der Waals surface area contributed by atoms with Gasteiger partial charge in [0.1, 0.15) is 0 Å². The van der Waals surface area contributed by atoms with E-state index in [0.717, 1.165) is 38.5 Å². The molecule has 1 atom stereocenters. The normalized spacial score (nSPS) is 11.7. The van der Waals surface area contributed by atoms with Crippen molar-refractivity contribution in [1.82, 2.24) is 4.90 Å². The van der Waals surface area contributed by atoms with Gasteiger partial charge in [0.25, 0.3) is 0 Å². The first-order chi connectivity index (χ1) is 22.4. The lowest BCUT2D eigenvalue weighted by Gasteiger charge is -2.22. The van der Waals surface area contributed by atoms with E-state index in [0.29, 0.717) is 124 Å². The van der Waals surface area contributed by atoms with E-state index in [2.05, 4.69) is 19.7 Å². The largest absolute Gasteiger partial charge is 0.393 e. The summed E-state index contributed by atoms with van der Waals surface area (Å²) in [4.78, 5) is 36.2. The van der Waals surface area contributed by atoms with Crippen molar-refractivity contribution in [2.75, 3.05) is 92.4 Å². The Kier molecular flexibility index (Phi) is 32.4. The van der Waals surface area contributed by atoms with Crippen LogP contribution >= 0.6 is 0 Å². The number of carbonyl (C=O) groups excluding carboxylic acids is 3. The summed E-state index contributed by atoms with van der Waals surface area (Å²) in [6, 6.07) is 0. The summed E-state index contributed by atoms with van der Waals surface area (Å²) in [7, 11) is 0. The molecule has 0 bridgehead atoms. The molecule has 11 nitrogen and oxygen atoms in total. The molecule has 0 aromatic rings. The molecule has 1 unspecified atom stereocenters. The van der Waals surface area contributed by atoms with Crippen LogP contribution in [-0.2, 0) is 42.8 Å². The maximum atomic E-state index is 12.2. The number of hydrogen-bond acceptors (Lipinski definition) is 10. The molecular formula is C35H61NO10. The first kappa shape index (κ1) is 43.8. The summed E-state index contributed by atoms with van der Waals surface area (Å²) in [6.45, 7) is 17.8. The molecule has 46 heavy (non-hydrogen) atoms. The predicted octanol–water partition coefficient (Wildman–Crippen LogP) is 4.26. The number of nitrogens with zero attached hydrogens (tertiary/aromatic N) is 1.